The molecule has 2 aromatic carbocycles. The third kappa shape index (κ3) is 5.71. The summed E-state index contributed by atoms with van der Waals surface area (Å²) in [6.07, 6.45) is 1.43. The summed E-state index contributed by atoms with van der Waals surface area (Å²) in [4.78, 5) is 24.1. The zero-order valence-electron chi connectivity index (χ0n) is 16.4. The minimum absolute atomic E-state index is 0.182. The number of furan rings is 1. The summed E-state index contributed by atoms with van der Waals surface area (Å²) in [6, 6.07) is 15.5. The normalized spacial score (nSPS) is 11.1. The van der Waals surface area contributed by atoms with Crippen molar-refractivity contribution < 1.29 is 18.7 Å². The summed E-state index contributed by atoms with van der Waals surface area (Å²) in [6.45, 7) is 3.41. The number of halogens is 1. The number of hydrogen-bond acceptors (Lipinski definition) is 5. The molecule has 30 heavy (non-hydrogen) atoms. The van der Waals surface area contributed by atoms with Crippen LogP contribution in [-0.4, -0.2) is 24.1 Å². The fourth-order valence-electron chi connectivity index (χ4n) is 2.58. The lowest BCUT2D eigenvalue weighted by molar-refractivity contribution is -0.123. The number of hydrogen-bond donors (Lipinski definition) is 2. The Balaban J connectivity index is 1.57. The molecule has 1 aromatic heterocycles. The molecule has 0 aliphatic carbocycles. The molecule has 154 valence electrons. The molecule has 3 aromatic rings. The molecule has 0 unspecified atom stereocenters. The average molecular weight is 426 g/mol. The van der Waals surface area contributed by atoms with E-state index in [-0.39, 0.29) is 18.3 Å². The molecule has 0 saturated carbocycles. The molecule has 7 nitrogen and oxygen atoms in total. The van der Waals surface area contributed by atoms with E-state index in [1.54, 1.807) is 55.5 Å². The van der Waals surface area contributed by atoms with Crippen LogP contribution in [0.25, 0.3) is 0 Å². The average Bonchev–Trinajstić information content (AvgIpc) is 3.26. The highest BCUT2D eigenvalue weighted by Crippen LogP contribution is 2.21. The number of anilines is 1. The van der Waals surface area contributed by atoms with Crippen LogP contribution in [0.5, 0.6) is 5.75 Å². The Morgan fingerprint density at radius 3 is 2.70 bits per heavy atom. The predicted molar refractivity (Wildman–Crippen MR) is 115 cm³/mol. The van der Waals surface area contributed by atoms with Gasteiger partial charge in [0.1, 0.15) is 5.75 Å². The number of amides is 2. The first-order valence-electron chi connectivity index (χ1n) is 9.10. The zero-order valence-corrected chi connectivity index (χ0v) is 17.2. The quantitative estimate of drug-likeness (QED) is 0.433. The van der Waals surface area contributed by atoms with Gasteiger partial charge in [0, 0.05) is 10.7 Å². The van der Waals surface area contributed by atoms with Gasteiger partial charge >= 0.3 is 0 Å². The number of carbonyl (C=O) groups is 2. The topological polar surface area (TPSA) is 92.9 Å². The van der Waals surface area contributed by atoms with Crippen LogP contribution in [0, 0.1) is 6.92 Å². The minimum atomic E-state index is -0.397. The maximum Gasteiger partial charge on any atom is 0.291 e. The van der Waals surface area contributed by atoms with Gasteiger partial charge in [-0.15, -0.1) is 0 Å². The minimum Gasteiger partial charge on any atom is -0.483 e. The van der Waals surface area contributed by atoms with Gasteiger partial charge in [-0.25, -0.2) is 5.43 Å². The van der Waals surface area contributed by atoms with E-state index < -0.39 is 5.91 Å². The van der Waals surface area contributed by atoms with Crippen LogP contribution in [-0.2, 0) is 4.79 Å². The smallest absolute Gasteiger partial charge is 0.291 e. The van der Waals surface area contributed by atoms with Crippen molar-refractivity contribution in [2.45, 2.75) is 13.8 Å². The first kappa shape index (κ1) is 21.1. The first-order chi connectivity index (χ1) is 14.4. The van der Waals surface area contributed by atoms with Crippen LogP contribution in [0.2, 0.25) is 5.02 Å². The fraction of sp³-hybridized carbons (Fsp3) is 0.136. The Morgan fingerprint density at radius 1 is 1.13 bits per heavy atom. The van der Waals surface area contributed by atoms with Crippen LogP contribution in [0.3, 0.4) is 0 Å². The van der Waals surface area contributed by atoms with E-state index in [9.17, 15) is 9.59 Å². The Morgan fingerprint density at radius 2 is 1.97 bits per heavy atom. The van der Waals surface area contributed by atoms with Gasteiger partial charge in [0.15, 0.2) is 12.4 Å². The number of ether oxygens (including phenoxy) is 1. The number of aryl methyl sites for hydroxylation is 1. The van der Waals surface area contributed by atoms with E-state index >= 15 is 0 Å². The second-order valence-corrected chi connectivity index (χ2v) is 6.88. The number of carbonyl (C=O) groups excluding carboxylic acids is 2. The molecule has 0 radical (unpaired) electrons. The molecule has 0 aliphatic rings. The molecule has 0 aliphatic heterocycles. The van der Waals surface area contributed by atoms with Crippen LogP contribution < -0.4 is 15.5 Å². The number of rotatable bonds is 7. The highest BCUT2D eigenvalue weighted by Gasteiger charge is 2.10. The number of hydrazone groups is 1. The van der Waals surface area contributed by atoms with Gasteiger partial charge in [-0.2, -0.15) is 5.10 Å². The maximum absolute atomic E-state index is 12.1. The van der Waals surface area contributed by atoms with E-state index in [4.69, 9.17) is 20.8 Å². The monoisotopic (exact) mass is 425 g/mol. The van der Waals surface area contributed by atoms with Gasteiger partial charge in [-0.05, 0) is 67.4 Å². The molecular formula is C22H20ClN3O4. The maximum atomic E-state index is 12.1. The van der Waals surface area contributed by atoms with Crippen LogP contribution in [0.15, 0.2) is 70.4 Å². The van der Waals surface area contributed by atoms with Crippen molar-refractivity contribution in [2.24, 2.45) is 5.10 Å². The lowest BCUT2D eigenvalue weighted by Crippen LogP contribution is -2.25. The molecule has 0 spiro atoms. The first-order valence-corrected chi connectivity index (χ1v) is 9.47. The van der Waals surface area contributed by atoms with Crippen molar-refractivity contribution in [2.75, 3.05) is 11.9 Å². The number of nitrogens with one attached hydrogen (secondary N) is 2. The van der Waals surface area contributed by atoms with Crippen LogP contribution >= 0.6 is 11.6 Å². The molecule has 8 heteroatoms. The second kappa shape index (κ2) is 9.76. The summed E-state index contributed by atoms with van der Waals surface area (Å²) >= 11 is 5.91. The predicted octanol–water partition coefficient (Wildman–Crippen LogP) is 4.41. The molecule has 2 N–H and O–H groups in total. The van der Waals surface area contributed by atoms with Gasteiger partial charge in [-0.1, -0.05) is 23.7 Å². The third-order valence-electron chi connectivity index (χ3n) is 4.13. The van der Waals surface area contributed by atoms with Gasteiger partial charge in [0.25, 0.3) is 11.8 Å². The summed E-state index contributed by atoms with van der Waals surface area (Å²) < 4.78 is 10.6. The molecule has 0 bridgehead atoms. The fourth-order valence-corrected chi connectivity index (χ4v) is 2.81. The third-order valence-corrected chi connectivity index (χ3v) is 4.36. The van der Waals surface area contributed by atoms with E-state index in [2.05, 4.69) is 15.8 Å². The Hall–Kier alpha value is -3.58. The lowest BCUT2D eigenvalue weighted by atomic mass is 10.1. The number of benzene rings is 2. The van der Waals surface area contributed by atoms with E-state index in [1.807, 2.05) is 13.0 Å². The molecule has 0 atom stereocenters. The molecule has 0 saturated heterocycles. The highest BCUT2D eigenvalue weighted by molar-refractivity contribution is 6.30. The number of nitrogens with zero attached hydrogens (tertiary/aromatic N) is 1. The lowest BCUT2D eigenvalue weighted by Gasteiger charge is -2.09. The summed E-state index contributed by atoms with van der Waals surface area (Å²) in [5.41, 5.74) is 5.18. The summed E-state index contributed by atoms with van der Waals surface area (Å²) in [5, 5.41) is 7.45. The molecule has 0 fully saturated rings. The highest BCUT2D eigenvalue weighted by atomic mass is 35.5. The van der Waals surface area contributed by atoms with Crippen LogP contribution in [0.1, 0.15) is 28.6 Å². The van der Waals surface area contributed by atoms with Gasteiger partial charge in [0.05, 0.1) is 12.0 Å². The van der Waals surface area contributed by atoms with Crippen molar-refractivity contribution in [1.82, 2.24) is 5.43 Å². The van der Waals surface area contributed by atoms with Crippen LogP contribution in [0.4, 0.5) is 5.69 Å². The van der Waals surface area contributed by atoms with E-state index in [0.717, 1.165) is 11.1 Å². The SMILES string of the molecule is CC(=NNC(=O)COc1ccc(Cl)cc1C)c1cccc(NC(=O)c2ccco2)c1. The molecule has 2 amide bonds. The molecule has 1 heterocycles. The van der Waals surface area contributed by atoms with Gasteiger partial charge in [-0.3, -0.25) is 9.59 Å². The van der Waals surface area contributed by atoms with Gasteiger partial charge < -0.3 is 14.5 Å². The van der Waals surface area contributed by atoms with Crippen molar-refractivity contribution in [1.29, 1.82) is 0 Å². The second-order valence-electron chi connectivity index (χ2n) is 6.44. The van der Waals surface area contributed by atoms with Crippen molar-refractivity contribution >= 4 is 34.8 Å². The van der Waals surface area contributed by atoms with Gasteiger partial charge in [0.2, 0.25) is 0 Å². The van der Waals surface area contributed by atoms with Crippen molar-refractivity contribution in [3.05, 3.63) is 82.8 Å². The molecule has 3 rings (SSSR count). The Labute approximate surface area is 178 Å². The Bertz CT molecular complexity index is 1080. The summed E-state index contributed by atoms with van der Waals surface area (Å²) in [5.74, 6) is 0.0462. The standard InChI is InChI=1S/C22H20ClN3O4/c1-14-11-17(23)8-9-19(14)30-13-21(27)26-25-15(2)16-5-3-6-18(12-16)24-22(28)20-7-4-10-29-20/h3-12H,13H2,1-2H3,(H,24,28)(H,26,27). The molecular weight excluding hydrogens is 406 g/mol. The van der Waals surface area contributed by atoms with E-state index in [0.29, 0.717) is 22.2 Å². The largest absolute Gasteiger partial charge is 0.483 e. The Kier molecular flexibility index (Phi) is 6.87. The summed E-state index contributed by atoms with van der Waals surface area (Å²) in [7, 11) is 0. The van der Waals surface area contributed by atoms with E-state index in [1.165, 1.54) is 6.26 Å². The van der Waals surface area contributed by atoms with Crippen molar-refractivity contribution in [3.8, 4) is 5.75 Å². The van der Waals surface area contributed by atoms with Crippen molar-refractivity contribution in [3.63, 3.8) is 0 Å². The zero-order chi connectivity index (χ0) is 21.5.